The Kier molecular flexibility index (Phi) is 4.19. The molecule has 102 valence electrons. The smallest absolute Gasteiger partial charge is 0.390 e. The van der Waals surface area contributed by atoms with Crippen molar-refractivity contribution in [3.05, 3.63) is 34.3 Å². The van der Waals surface area contributed by atoms with E-state index in [9.17, 15) is 22.0 Å². The molecule has 0 saturated heterocycles. The van der Waals surface area contributed by atoms with E-state index in [-0.39, 0.29) is 5.02 Å². The van der Waals surface area contributed by atoms with Gasteiger partial charge in [-0.2, -0.15) is 13.2 Å². The zero-order valence-electron chi connectivity index (χ0n) is 8.81. The van der Waals surface area contributed by atoms with Gasteiger partial charge in [-0.3, -0.25) is 0 Å². The SMILES string of the molecule is N[C@H](c1ccc(Cl)cc1C(F)(F)F)C(F)(F)CO. The number of hydrogen-bond donors (Lipinski definition) is 2. The van der Waals surface area contributed by atoms with Crippen LogP contribution < -0.4 is 5.73 Å². The first kappa shape index (κ1) is 15.1. The second-order valence-electron chi connectivity index (χ2n) is 3.63. The maximum absolute atomic E-state index is 13.1. The monoisotopic (exact) mass is 289 g/mol. The average molecular weight is 290 g/mol. The second-order valence-corrected chi connectivity index (χ2v) is 4.06. The van der Waals surface area contributed by atoms with Crippen LogP contribution in [0.4, 0.5) is 22.0 Å². The standard InChI is InChI=1S/C10H9ClF5NO/c11-5-1-2-6(7(3-5)10(14,15)16)8(17)9(12,13)4-18/h1-3,8,18H,4,17H2/t8-/m1/s1. The molecule has 0 aliphatic carbocycles. The zero-order valence-corrected chi connectivity index (χ0v) is 9.56. The van der Waals surface area contributed by atoms with Crippen molar-refractivity contribution >= 4 is 11.6 Å². The van der Waals surface area contributed by atoms with Crippen LogP contribution >= 0.6 is 11.6 Å². The molecule has 0 saturated carbocycles. The molecule has 8 heteroatoms. The molecule has 0 aromatic heterocycles. The van der Waals surface area contributed by atoms with Crippen LogP contribution in [0.25, 0.3) is 0 Å². The Labute approximate surface area is 104 Å². The number of rotatable bonds is 3. The number of alkyl halides is 5. The molecule has 2 nitrogen and oxygen atoms in total. The van der Waals surface area contributed by atoms with Crippen LogP contribution in [0.2, 0.25) is 5.02 Å². The summed E-state index contributed by atoms with van der Waals surface area (Å²) in [6, 6.07) is 0.0552. The Morgan fingerprint density at radius 1 is 1.22 bits per heavy atom. The molecule has 1 aromatic carbocycles. The van der Waals surface area contributed by atoms with Gasteiger partial charge in [-0.1, -0.05) is 17.7 Å². The van der Waals surface area contributed by atoms with E-state index in [2.05, 4.69) is 0 Å². The number of halogens is 6. The van der Waals surface area contributed by atoms with E-state index in [0.29, 0.717) is 6.07 Å². The van der Waals surface area contributed by atoms with Crippen molar-refractivity contribution in [2.45, 2.75) is 18.1 Å². The summed E-state index contributed by atoms with van der Waals surface area (Å²) in [6.07, 6.45) is -4.86. The highest BCUT2D eigenvalue weighted by atomic mass is 35.5. The van der Waals surface area contributed by atoms with Crippen molar-refractivity contribution in [2.24, 2.45) is 5.73 Å². The molecule has 0 heterocycles. The fraction of sp³-hybridized carbons (Fsp3) is 0.400. The lowest BCUT2D eigenvalue weighted by molar-refractivity contribution is -0.139. The Hall–Kier alpha value is -0.920. The minimum absolute atomic E-state index is 0.245. The molecule has 0 unspecified atom stereocenters. The van der Waals surface area contributed by atoms with Crippen molar-refractivity contribution in [1.29, 1.82) is 0 Å². The fourth-order valence-corrected chi connectivity index (χ4v) is 1.54. The van der Waals surface area contributed by atoms with E-state index in [1.807, 2.05) is 0 Å². The number of benzene rings is 1. The van der Waals surface area contributed by atoms with Gasteiger partial charge in [0, 0.05) is 5.02 Å². The van der Waals surface area contributed by atoms with E-state index >= 15 is 0 Å². The molecule has 1 atom stereocenters. The van der Waals surface area contributed by atoms with Crippen LogP contribution in [0.1, 0.15) is 17.2 Å². The van der Waals surface area contributed by atoms with Gasteiger partial charge >= 0.3 is 6.18 Å². The number of hydrogen-bond acceptors (Lipinski definition) is 2. The summed E-state index contributed by atoms with van der Waals surface area (Å²) in [4.78, 5) is 0. The van der Waals surface area contributed by atoms with Crippen molar-refractivity contribution in [3.63, 3.8) is 0 Å². The molecule has 0 amide bonds. The minimum Gasteiger partial charge on any atom is -0.390 e. The van der Waals surface area contributed by atoms with Gasteiger partial charge in [-0.25, -0.2) is 8.78 Å². The second kappa shape index (κ2) is 4.99. The lowest BCUT2D eigenvalue weighted by Gasteiger charge is -2.24. The van der Waals surface area contributed by atoms with E-state index in [0.717, 1.165) is 12.1 Å². The largest absolute Gasteiger partial charge is 0.416 e. The molecule has 1 rings (SSSR count). The predicted octanol–water partition coefficient (Wildman–Crippen LogP) is 2.99. The van der Waals surface area contributed by atoms with Crippen molar-refractivity contribution < 1.29 is 27.1 Å². The third-order valence-electron chi connectivity index (χ3n) is 2.32. The quantitative estimate of drug-likeness (QED) is 0.840. The fourth-order valence-electron chi connectivity index (χ4n) is 1.37. The van der Waals surface area contributed by atoms with Crippen LogP contribution in [0, 0.1) is 0 Å². The third kappa shape index (κ3) is 3.09. The number of aliphatic hydroxyl groups is 1. The summed E-state index contributed by atoms with van der Waals surface area (Å²) in [5, 5.41) is 8.19. The summed E-state index contributed by atoms with van der Waals surface area (Å²) in [7, 11) is 0. The van der Waals surface area contributed by atoms with Crippen LogP contribution in [0.15, 0.2) is 18.2 Å². The molecule has 1 aromatic rings. The number of nitrogens with two attached hydrogens (primary N) is 1. The molecular weight excluding hydrogens is 281 g/mol. The van der Waals surface area contributed by atoms with Gasteiger partial charge in [0.1, 0.15) is 6.61 Å². The molecule has 0 aliphatic heterocycles. The molecule has 0 aliphatic rings. The van der Waals surface area contributed by atoms with E-state index < -0.39 is 35.9 Å². The highest BCUT2D eigenvalue weighted by molar-refractivity contribution is 6.30. The maximum Gasteiger partial charge on any atom is 0.416 e. The summed E-state index contributed by atoms with van der Waals surface area (Å²) in [5.74, 6) is -3.85. The number of aliphatic hydroxyl groups excluding tert-OH is 1. The molecule has 0 bridgehead atoms. The first-order valence-corrected chi connectivity index (χ1v) is 5.08. The Morgan fingerprint density at radius 3 is 2.22 bits per heavy atom. The molecule has 0 radical (unpaired) electrons. The lowest BCUT2D eigenvalue weighted by atomic mass is 9.96. The van der Waals surface area contributed by atoms with Crippen LogP contribution in [0.5, 0.6) is 0 Å². The van der Waals surface area contributed by atoms with Gasteiger partial charge in [0.15, 0.2) is 0 Å². The van der Waals surface area contributed by atoms with Crippen LogP contribution in [0.3, 0.4) is 0 Å². The van der Waals surface area contributed by atoms with E-state index in [4.69, 9.17) is 22.4 Å². The average Bonchev–Trinajstić information content (AvgIpc) is 2.27. The molecule has 3 N–H and O–H groups in total. The molecule has 0 spiro atoms. The maximum atomic E-state index is 13.1. The van der Waals surface area contributed by atoms with E-state index in [1.165, 1.54) is 0 Å². The van der Waals surface area contributed by atoms with Crippen LogP contribution in [-0.2, 0) is 6.18 Å². The van der Waals surface area contributed by atoms with Crippen molar-refractivity contribution in [3.8, 4) is 0 Å². The van der Waals surface area contributed by atoms with Gasteiger partial charge in [-0.05, 0) is 17.7 Å². The summed E-state index contributed by atoms with van der Waals surface area (Å²) in [5.41, 5.74) is 2.93. The third-order valence-corrected chi connectivity index (χ3v) is 2.56. The van der Waals surface area contributed by atoms with Gasteiger partial charge < -0.3 is 10.8 Å². The highest BCUT2D eigenvalue weighted by Crippen LogP contribution is 2.39. The summed E-state index contributed by atoms with van der Waals surface area (Å²) in [6.45, 7) is -1.64. The first-order chi connectivity index (χ1) is 8.09. The first-order valence-electron chi connectivity index (χ1n) is 4.70. The van der Waals surface area contributed by atoms with Gasteiger partial charge in [0.2, 0.25) is 0 Å². The normalized spacial score (nSPS) is 14.7. The van der Waals surface area contributed by atoms with Gasteiger partial charge in [0.25, 0.3) is 5.92 Å². The molecular formula is C10H9ClF5NO. The van der Waals surface area contributed by atoms with Gasteiger partial charge in [0.05, 0.1) is 11.6 Å². The minimum atomic E-state index is -4.86. The highest BCUT2D eigenvalue weighted by Gasteiger charge is 2.43. The summed E-state index contributed by atoms with van der Waals surface area (Å²) < 4.78 is 64.2. The predicted molar refractivity (Wildman–Crippen MR) is 55.4 cm³/mol. The Morgan fingerprint density at radius 2 is 1.78 bits per heavy atom. The zero-order chi connectivity index (χ0) is 14.1. The lowest BCUT2D eigenvalue weighted by Crippen LogP contribution is -2.37. The Bertz CT molecular complexity index is 435. The summed E-state index contributed by atoms with van der Waals surface area (Å²) >= 11 is 5.40. The van der Waals surface area contributed by atoms with Crippen molar-refractivity contribution in [2.75, 3.05) is 6.61 Å². The molecule has 18 heavy (non-hydrogen) atoms. The Balaban J connectivity index is 3.33. The molecule has 0 fully saturated rings. The topological polar surface area (TPSA) is 46.2 Å². The van der Waals surface area contributed by atoms with Gasteiger partial charge in [-0.15, -0.1) is 0 Å². The van der Waals surface area contributed by atoms with Crippen molar-refractivity contribution in [1.82, 2.24) is 0 Å². The van der Waals surface area contributed by atoms with E-state index in [1.54, 1.807) is 0 Å². The van der Waals surface area contributed by atoms with Crippen LogP contribution in [-0.4, -0.2) is 17.6 Å².